The van der Waals surface area contributed by atoms with Gasteiger partial charge in [-0.3, -0.25) is 4.79 Å². The largest absolute Gasteiger partial charge is 0.508 e. The fourth-order valence-corrected chi connectivity index (χ4v) is 1.19. The fourth-order valence-electron chi connectivity index (χ4n) is 1.19. The molecule has 3 N–H and O–H groups in total. The van der Waals surface area contributed by atoms with E-state index in [2.05, 4.69) is 4.74 Å². The Labute approximate surface area is 94.5 Å². The van der Waals surface area contributed by atoms with Crippen molar-refractivity contribution >= 4 is 24.1 Å². The molecule has 0 aliphatic heterocycles. The Kier molecular flexibility index (Phi) is 5.56. The lowest BCUT2D eigenvalue weighted by atomic mass is 10.1. The predicted octanol–water partition coefficient (Wildman–Crippen LogP) is 1.50. The molecule has 0 heterocycles. The van der Waals surface area contributed by atoms with Gasteiger partial charge in [0.25, 0.3) is 0 Å². The second-order valence-electron chi connectivity index (χ2n) is 2.92. The molecule has 15 heavy (non-hydrogen) atoms. The molecule has 0 aliphatic carbocycles. The smallest absolute Gasteiger partial charge is 0.305 e. The first-order chi connectivity index (χ1) is 6.65. The molecule has 0 unspecified atom stereocenters. The second-order valence-corrected chi connectivity index (χ2v) is 2.92. The average Bonchev–Trinajstić information content (AvgIpc) is 2.16. The van der Waals surface area contributed by atoms with Crippen LogP contribution in [-0.2, 0) is 16.0 Å². The third kappa shape index (κ3) is 3.67. The number of methoxy groups -OCH3 is 1. The molecular formula is C10H14ClNO3. The highest BCUT2D eigenvalue weighted by atomic mass is 35.5. The molecule has 5 heteroatoms. The highest BCUT2D eigenvalue weighted by Crippen LogP contribution is 2.24. The number of phenolic OH excluding ortho intramolecular Hbond substituents is 1. The van der Waals surface area contributed by atoms with Gasteiger partial charge in [-0.2, -0.15) is 0 Å². The summed E-state index contributed by atoms with van der Waals surface area (Å²) in [6.07, 6.45) is 0.615. The summed E-state index contributed by atoms with van der Waals surface area (Å²) in [6.45, 7) is 0. The summed E-state index contributed by atoms with van der Waals surface area (Å²) in [4.78, 5) is 10.9. The molecular weight excluding hydrogens is 218 g/mol. The maximum Gasteiger partial charge on any atom is 0.305 e. The fraction of sp³-hybridized carbons (Fsp3) is 0.300. The molecule has 1 aromatic rings. The van der Waals surface area contributed by atoms with Crippen LogP contribution in [0.25, 0.3) is 0 Å². The number of nitrogens with two attached hydrogens (primary N) is 1. The van der Waals surface area contributed by atoms with Crippen LogP contribution in [0.1, 0.15) is 12.0 Å². The molecule has 4 nitrogen and oxygen atoms in total. The zero-order chi connectivity index (χ0) is 10.6. The molecule has 0 spiro atoms. The van der Waals surface area contributed by atoms with Crippen LogP contribution in [0.15, 0.2) is 18.2 Å². The van der Waals surface area contributed by atoms with Gasteiger partial charge in [-0.1, -0.05) is 6.07 Å². The lowest BCUT2D eigenvalue weighted by Crippen LogP contribution is -2.03. The normalized spacial score (nSPS) is 9.13. The van der Waals surface area contributed by atoms with E-state index in [1.807, 2.05) is 0 Å². The Balaban J connectivity index is 0.00000196. The highest BCUT2D eigenvalue weighted by Gasteiger charge is 2.07. The maximum atomic E-state index is 10.9. The summed E-state index contributed by atoms with van der Waals surface area (Å²) < 4.78 is 4.49. The standard InChI is InChI=1S/C10H13NO3.ClH/c1-14-10(13)6-5-7-8(11)3-2-4-9(7)12;/h2-4,12H,5-6,11H2,1H3;1H. The van der Waals surface area contributed by atoms with Gasteiger partial charge in [-0.05, 0) is 18.6 Å². The predicted molar refractivity (Wildman–Crippen MR) is 60.1 cm³/mol. The van der Waals surface area contributed by atoms with E-state index in [1.165, 1.54) is 7.11 Å². The first-order valence-electron chi connectivity index (χ1n) is 4.28. The number of esters is 1. The first-order valence-corrected chi connectivity index (χ1v) is 4.28. The van der Waals surface area contributed by atoms with Crippen LogP contribution < -0.4 is 5.73 Å². The van der Waals surface area contributed by atoms with Crippen LogP contribution in [0, 0.1) is 0 Å². The number of rotatable bonds is 3. The molecule has 0 fully saturated rings. The molecule has 0 atom stereocenters. The van der Waals surface area contributed by atoms with Crippen molar-refractivity contribution in [1.29, 1.82) is 0 Å². The Morgan fingerprint density at radius 1 is 1.53 bits per heavy atom. The number of halogens is 1. The first kappa shape index (κ1) is 13.6. The highest BCUT2D eigenvalue weighted by molar-refractivity contribution is 5.85. The van der Waals surface area contributed by atoms with Crippen molar-refractivity contribution in [2.24, 2.45) is 0 Å². The minimum Gasteiger partial charge on any atom is -0.508 e. The van der Waals surface area contributed by atoms with Crippen LogP contribution in [0.2, 0.25) is 0 Å². The van der Waals surface area contributed by atoms with Crippen LogP contribution in [0.5, 0.6) is 5.75 Å². The third-order valence-electron chi connectivity index (χ3n) is 1.99. The van der Waals surface area contributed by atoms with E-state index in [9.17, 15) is 9.90 Å². The Morgan fingerprint density at radius 2 is 2.20 bits per heavy atom. The van der Waals surface area contributed by atoms with Gasteiger partial charge in [0.05, 0.1) is 7.11 Å². The van der Waals surface area contributed by atoms with Crippen LogP contribution in [-0.4, -0.2) is 18.2 Å². The van der Waals surface area contributed by atoms with Gasteiger partial charge >= 0.3 is 5.97 Å². The number of aromatic hydroxyl groups is 1. The van der Waals surface area contributed by atoms with Crippen LogP contribution >= 0.6 is 12.4 Å². The van der Waals surface area contributed by atoms with E-state index in [0.717, 1.165) is 0 Å². The number of carbonyl (C=O) groups is 1. The van der Waals surface area contributed by atoms with Gasteiger partial charge < -0.3 is 15.6 Å². The number of nitrogen functional groups attached to an aromatic ring is 1. The SMILES string of the molecule is COC(=O)CCc1c(N)cccc1O.Cl. The molecule has 0 radical (unpaired) electrons. The monoisotopic (exact) mass is 231 g/mol. The van der Waals surface area contributed by atoms with E-state index < -0.39 is 0 Å². The zero-order valence-corrected chi connectivity index (χ0v) is 9.21. The molecule has 0 aromatic heterocycles. The van der Waals surface area contributed by atoms with Gasteiger partial charge in [0.15, 0.2) is 0 Å². The van der Waals surface area contributed by atoms with E-state index in [4.69, 9.17) is 5.73 Å². The molecule has 0 saturated carbocycles. The topological polar surface area (TPSA) is 72.5 Å². The quantitative estimate of drug-likeness (QED) is 0.611. The van der Waals surface area contributed by atoms with Gasteiger partial charge in [-0.25, -0.2) is 0 Å². The van der Waals surface area contributed by atoms with Gasteiger partial charge in [0.2, 0.25) is 0 Å². The Hall–Kier alpha value is -1.42. The maximum absolute atomic E-state index is 10.9. The summed E-state index contributed by atoms with van der Waals surface area (Å²) in [6, 6.07) is 4.89. The number of hydrogen-bond donors (Lipinski definition) is 2. The number of benzene rings is 1. The van der Waals surface area contributed by atoms with Crippen molar-refractivity contribution < 1.29 is 14.6 Å². The lowest BCUT2D eigenvalue weighted by molar-refractivity contribution is -0.140. The molecule has 0 amide bonds. The summed E-state index contributed by atoms with van der Waals surface area (Å²) in [5.41, 5.74) is 6.73. The number of hydrogen-bond acceptors (Lipinski definition) is 4. The Bertz CT molecular complexity index is 321. The van der Waals surface area contributed by atoms with Crippen molar-refractivity contribution in [3.63, 3.8) is 0 Å². The number of ether oxygens (including phenoxy) is 1. The van der Waals surface area contributed by atoms with Crippen LogP contribution in [0.3, 0.4) is 0 Å². The van der Waals surface area contributed by atoms with E-state index in [1.54, 1.807) is 18.2 Å². The van der Waals surface area contributed by atoms with Crippen molar-refractivity contribution in [2.75, 3.05) is 12.8 Å². The summed E-state index contributed by atoms with van der Waals surface area (Å²) in [7, 11) is 1.33. The van der Waals surface area contributed by atoms with E-state index in [0.29, 0.717) is 17.7 Å². The number of phenols is 1. The molecule has 0 saturated heterocycles. The van der Waals surface area contributed by atoms with Gasteiger partial charge in [0.1, 0.15) is 5.75 Å². The van der Waals surface area contributed by atoms with Gasteiger partial charge in [0, 0.05) is 17.7 Å². The van der Waals surface area contributed by atoms with Crippen molar-refractivity contribution in [3.05, 3.63) is 23.8 Å². The third-order valence-corrected chi connectivity index (χ3v) is 1.99. The van der Waals surface area contributed by atoms with Gasteiger partial charge in [-0.15, -0.1) is 12.4 Å². The molecule has 0 aliphatic rings. The van der Waals surface area contributed by atoms with Crippen LogP contribution in [0.4, 0.5) is 5.69 Å². The lowest BCUT2D eigenvalue weighted by Gasteiger charge is -2.06. The summed E-state index contributed by atoms with van der Waals surface area (Å²) in [5, 5.41) is 9.44. The average molecular weight is 232 g/mol. The molecule has 84 valence electrons. The van der Waals surface area contributed by atoms with Crippen molar-refractivity contribution in [1.82, 2.24) is 0 Å². The zero-order valence-electron chi connectivity index (χ0n) is 8.40. The van der Waals surface area contributed by atoms with Crippen molar-refractivity contribution in [3.8, 4) is 5.75 Å². The number of carbonyl (C=O) groups excluding carboxylic acids is 1. The minimum absolute atomic E-state index is 0. The Morgan fingerprint density at radius 3 is 2.73 bits per heavy atom. The van der Waals surface area contributed by atoms with E-state index >= 15 is 0 Å². The summed E-state index contributed by atoms with van der Waals surface area (Å²) >= 11 is 0. The second kappa shape index (κ2) is 6.14. The number of anilines is 1. The van der Waals surface area contributed by atoms with Crippen molar-refractivity contribution in [2.45, 2.75) is 12.8 Å². The minimum atomic E-state index is -0.312. The molecule has 1 rings (SSSR count). The van der Waals surface area contributed by atoms with E-state index in [-0.39, 0.29) is 30.5 Å². The molecule has 0 bridgehead atoms. The summed E-state index contributed by atoms with van der Waals surface area (Å²) in [5.74, 6) is -0.193. The molecule has 1 aromatic carbocycles.